The Bertz CT molecular complexity index is 316. The predicted molar refractivity (Wildman–Crippen MR) is 44.8 cm³/mol. The van der Waals surface area contributed by atoms with Crippen molar-refractivity contribution < 1.29 is 14.6 Å². The summed E-state index contributed by atoms with van der Waals surface area (Å²) in [7, 11) is 0. The van der Waals surface area contributed by atoms with E-state index in [1.165, 1.54) is 6.20 Å². The molecule has 4 heteroatoms. The van der Waals surface area contributed by atoms with Crippen molar-refractivity contribution in [2.24, 2.45) is 0 Å². The van der Waals surface area contributed by atoms with Crippen molar-refractivity contribution in [3.8, 4) is 0 Å². The third-order valence-electron chi connectivity index (χ3n) is 2.09. The molecule has 0 amide bonds. The lowest BCUT2D eigenvalue weighted by atomic mass is 10.0. The van der Waals surface area contributed by atoms with Crippen LogP contribution in [0.15, 0.2) is 18.3 Å². The normalized spacial score (nSPS) is 16.6. The van der Waals surface area contributed by atoms with Gasteiger partial charge in [-0.2, -0.15) is 0 Å². The Labute approximate surface area is 75.2 Å². The van der Waals surface area contributed by atoms with Gasteiger partial charge in [-0.1, -0.05) is 0 Å². The summed E-state index contributed by atoms with van der Waals surface area (Å²) in [6.07, 6.45) is 1.38. The van der Waals surface area contributed by atoms with Gasteiger partial charge in [-0.3, -0.25) is 4.98 Å². The standard InChI is InChI=1S/C9H9NO3/c11-9(12)6-1-2-8(10-3-6)7-4-13-5-7/h1-3,7H,4-5H2,(H,11,12). The van der Waals surface area contributed by atoms with E-state index < -0.39 is 5.97 Å². The van der Waals surface area contributed by atoms with Gasteiger partial charge in [0.05, 0.1) is 18.8 Å². The van der Waals surface area contributed by atoms with Crippen LogP contribution in [0.25, 0.3) is 0 Å². The molecule has 1 aromatic heterocycles. The van der Waals surface area contributed by atoms with Gasteiger partial charge in [0, 0.05) is 17.8 Å². The van der Waals surface area contributed by atoms with Gasteiger partial charge in [0.15, 0.2) is 0 Å². The Morgan fingerprint density at radius 1 is 1.54 bits per heavy atom. The Kier molecular flexibility index (Phi) is 1.98. The highest BCUT2D eigenvalue weighted by Gasteiger charge is 2.21. The molecular formula is C9H9NO3. The second-order valence-electron chi connectivity index (χ2n) is 3.01. The fourth-order valence-corrected chi connectivity index (χ4v) is 1.18. The third kappa shape index (κ3) is 1.53. The van der Waals surface area contributed by atoms with Gasteiger partial charge in [-0.05, 0) is 12.1 Å². The van der Waals surface area contributed by atoms with Crippen LogP contribution in [0.4, 0.5) is 0 Å². The molecule has 1 saturated heterocycles. The molecule has 0 bridgehead atoms. The fourth-order valence-electron chi connectivity index (χ4n) is 1.18. The number of ether oxygens (including phenoxy) is 1. The molecule has 1 N–H and O–H groups in total. The van der Waals surface area contributed by atoms with Crippen LogP contribution in [0, 0.1) is 0 Å². The highest BCUT2D eigenvalue weighted by molar-refractivity contribution is 5.87. The first-order chi connectivity index (χ1) is 6.27. The van der Waals surface area contributed by atoms with Crippen molar-refractivity contribution in [2.45, 2.75) is 5.92 Å². The maximum absolute atomic E-state index is 10.5. The number of carboxylic acid groups (broad SMARTS) is 1. The number of pyridine rings is 1. The van der Waals surface area contributed by atoms with Crippen molar-refractivity contribution in [1.82, 2.24) is 4.98 Å². The molecule has 0 atom stereocenters. The SMILES string of the molecule is O=C(O)c1ccc(C2COC2)nc1. The van der Waals surface area contributed by atoms with Crippen molar-refractivity contribution in [1.29, 1.82) is 0 Å². The van der Waals surface area contributed by atoms with Crippen molar-refractivity contribution >= 4 is 5.97 Å². The number of nitrogens with zero attached hydrogens (tertiary/aromatic N) is 1. The van der Waals surface area contributed by atoms with E-state index in [-0.39, 0.29) is 5.56 Å². The first kappa shape index (κ1) is 8.19. The largest absolute Gasteiger partial charge is 0.478 e. The van der Waals surface area contributed by atoms with Crippen LogP contribution in [-0.4, -0.2) is 29.3 Å². The Balaban J connectivity index is 2.17. The van der Waals surface area contributed by atoms with Gasteiger partial charge in [-0.25, -0.2) is 4.79 Å². The minimum Gasteiger partial charge on any atom is -0.478 e. The van der Waals surface area contributed by atoms with E-state index in [2.05, 4.69) is 4.98 Å². The molecule has 2 heterocycles. The third-order valence-corrected chi connectivity index (χ3v) is 2.09. The summed E-state index contributed by atoms with van der Waals surface area (Å²) in [6.45, 7) is 1.39. The van der Waals surface area contributed by atoms with Crippen LogP contribution in [0.5, 0.6) is 0 Å². The first-order valence-electron chi connectivity index (χ1n) is 4.04. The highest BCUT2D eigenvalue weighted by Crippen LogP contribution is 2.21. The number of aromatic carboxylic acids is 1. The summed E-state index contributed by atoms with van der Waals surface area (Å²) in [5.41, 5.74) is 1.14. The second kappa shape index (κ2) is 3.14. The lowest BCUT2D eigenvalue weighted by molar-refractivity contribution is 0.00670. The topological polar surface area (TPSA) is 59.4 Å². The number of aromatic nitrogens is 1. The first-order valence-corrected chi connectivity index (χ1v) is 4.04. The average Bonchev–Trinajstić information content (AvgIpc) is 2.02. The van der Waals surface area contributed by atoms with Gasteiger partial charge >= 0.3 is 5.97 Å². The minimum atomic E-state index is -0.941. The number of hydrogen-bond acceptors (Lipinski definition) is 3. The minimum absolute atomic E-state index is 0.226. The van der Waals surface area contributed by atoms with Crippen LogP contribution >= 0.6 is 0 Å². The van der Waals surface area contributed by atoms with Crippen LogP contribution in [0.1, 0.15) is 22.0 Å². The zero-order chi connectivity index (χ0) is 9.26. The summed E-state index contributed by atoms with van der Waals surface area (Å²) >= 11 is 0. The van der Waals surface area contributed by atoms with Gasteiger partial charge in [-0.15, -0.1) is 0 Å². The molecule has 13 heavy (non-hydrogen) atoms. The molecule has 0 aromatic carbocycles. The van der Waals surface area contributed by atoms with E-state index in [0.29, 0.717) is 19.1 Å². The van der Waals surface area contributed by atoms with E-state index >= 15 is 0 Å². The Hall–Kier alpha value is -1.42. The predicted octanol–water partition coefficient (Wildman–Crippen LogP) is 0.894. The average molecular weight is 179 g/mol. The van der Waals surface area contributed by atoms with Gasteiger partial charge in [0.1, 0.15) is 0 Å². The number of hydrogen-bond donors (Lipinski definition) is 1. The molecule has 0 unspecified atom stereocenters. The molecule has 1 fully saturated rings. The zero-order valence-electron chi connectivity index (χ0n) is 6.93. The van der Waals surface area contributed by atoms with Crippen LogP contribution < -0.4 is 0 Å². The Morgan fingerprint density at radius 3 is 2.69 bits per heavy atom. The summed E-state index contributed by atoms with van der Waals surface area (Å²) in [5.74, 6) is -0.591. The van der Waals surface area contributed by atoms with Gasteiger partial charge < -0.3 is 9.84 Å². The lowest BCUT2D eigenvalue weighted by Gasteiger charge is -2.25. The van der Waals surface area contributed by atoms with E-state index in [9.17, 15) is 4.79 Å². The van der Waals surface area contributed by atoms with Crippen molar-refractivity contribution in [3.05, 3.63) is 29.6 Å². The molecule has 0 saturated carbocycles. The lowest BCUT2D eigenvalue weighted by Crippen LogP contribution is -2.25. The maximum atomic E-state index is 10.5. The molecule has 1 aromatic rings. The molecule has 0 aliphatic carbocycles. The van der Waals surface area contributed by atoms with Crippen LogP contribution in [0.3, 0.4) is 0 Å². The molecule has 1 aliphatic heterocycles. The fraction of sp³-hybridized carbons (Fsp3) is 0.333. The molecule has 4 nitrogen and oxygen atoms in total. The molecule has 68 valence electrons. The molecular weight excluding hydrogens is 170 g/mol. The zero-order valence-corrected chi connectivity index (χ0v) is 6.93. The molecule has 1 aliphatic rings. The van der Waals surface area contributed by atoms with Crippen molar-refractivity contribution in [2.75, 3.05) is 13.2 Å². The monoisotopic (exact) mass is 179 g/mol. The van der Waals surface area contributed by atoms with E-state index in [0.717, 1.165) is 5.69 Å². The van der Waals surface area contributed by atoms with Gasteiger partial charge in [0.25, 0.3) is 0 Å². The Morgan fingerprint density at radius 2 is 2.31 bits per heavy atom. The quantitative estimate of drug-likeness (QED) is 0.732. The number of rotatable bonds is 2. The summed E-state index contributed by atoms with van der Waals surface area (Å²) in [4.78, 5) is 14.6. The van der Waals surface area contributed by atoms with E-state index in [1.807, 2.05) is 0 Å². The van der Waals surface area contributed by atoms with Gasteiger partial charge in [0.2, 0.25) is 0 Å². The summed E-state index contributed by atoms with van der Waals surface area (Å²) in [5, 5.41) is 8.62. The molecule has 0 radical (unpaired) electrons. The van der Waals surface area contributed by atoms with E-state index in [4.69, 9.17) is 9.84 Å². The summed E-state index contributed by atoms with van der Waals surface area (Å²) in [6, 6.07) is 3.32. The maximum Gasteiger partial charge on any atom is 0.337 e. The number of carbonyl (C=O) groups is 1. The van der Waals surface area contributed by atoms with E-state index in [1.54, 1.807) is 12.1 Å². The molecule has 2 rings (SSSR count). The van der Waals surface area contributed by atoms with Crippen LogP contribution in [0.2, 0.25) is 0 Å². The van der Waals surface area contributed by atoms with Crippen LogP contribution in [-0.2, 0) is 4.74 Å². The highest BCUT2D eigenvalue weighted by atomic mass is 16.5. The van der Waals surface area contributed by atoms with Crippen molar-refractivity contribution in [3.63, 3.8) is 0 Å². The summed E-state index contributed by atoms with van der Waals surface area (Å²) < 4.78 is 5.01. The molecule has 0 spiro atoms. The number of carboxylic acids is 1. The second-order valence-corrected chi connectivity index (χ2v) is 3.01. The smallest absolute Gasteiger partial charge is 0.337 e.